The highest BCUT2D eigenvalue weighted by atomic mass is 16.6. The van der Waals surface area contributed by atoms with Gasteiger partial charge in [0.05, 0.1) is 0 Å². The van der Waals surface area contributed by atoms with Crippen molar-refractivity contribution in [3.63, 3.8) is 0 Å². The van der Waals surface area contributed by atoms with Crippen LogP contribution < -0.4 is 5.32 Å². The Bertz CT molecular complexity index is 186. The minimum atomic E-state index is -0.480. The third-order valence-corrected chi connectivity index (χ3v) is 1.89. The maximum absolute atomic E-state index is 11.3. The third-order valence-electron chi connectivity index (χ3n) is 1.89. The first-order chi connectivity index (χ1) is 6.26. The van der Waals surface area contributed by atoms with Crippen molar-refractivity contribution in [1.29, 1.82) is 0 Å². The van der Waals surface area contributed by atoms with E-state index in [9.17, 15) is 4.79 Å². The van der Waals surface area contributed by atoms with Crippen molar-refractivity contribution in [2.45, 2.75) is 46.3 Å². The zero-order valence-corrected chi connectivity index (χ0v) is 9.63. The van der Waals surface area contributed by atoms with Crippen LogP contribution in [0.1, 0.15) is 34.6 Å². The molecule has 0 radical (unpaired) electrons. The van der Waals surface area contributed by atoms with Gasteiger partial charge in [-0.15, -0.1) is 0 Å². The van der Waals surface area contributed by atoms with Gasteiger partial charge in [0.2, 0.25) is 0 Å². The molecule has 0 aromatic heterocycles. The van der Waals surface area contributed by atoms with Crippen LogP contribution in [0, 0.1) is 5.92 Å². The van der Waals surface area contributed by atoms with Gasteiger partial charge in [0.15, 0.2) is 0 Å². The van der Waals surface area contributed by atoms with E-state index < -0.39 is 11.7 Å². The average molecular weight is 203 g/mol. The summed E-state index contributed by atoms with van der Waals surface area (Å²) in [5, 5.41) is 11.5. The summed E-state index contributed by atoms with van der Waals surface area (Å²) in [6.45, 7) is 9.19. The Labute approximate surface area is 85.6 Å². The number of amides is 1. The molecule has 2 unspecified atom stereocenters. The molecule has 0 fully saturated rings. The average Bonchev–Trinajstić information content (AvgIpc) is 1.99. The molecule has 0 aliphatic carbocycles. The summed E-state index contributed by atoms with van der Waals surface area (Å²) in [6, 6.07) is -0.0881. The zero-order chi connectivity index (χ0) is 11.4. The predicted molar refractivity (Wildman–Crippen MR) is 55.1 cm³/mol. The smallest absolute Gasteiger partial charge is 0.407 e. The molecule has 4 nitrogen and oxygen atoms in total. The Morgan fingerprint density at radius 1 is 1.43 bits per heavy atom. The molecule has 0 saturated heterocycles. The molecular formula is C10H21NO3. The number of aliphatic hydroxyl groups excluding tert-OH is 1. The second-order valence-electron chi connectivity index (χ2n) is 4.59. The lowest BCUT2D eigenvalue weighted by molar-refractivity contribution is 0.0483. The molecular weight excluding hydrogens is 182 g/mol. The molecule has 0 bridgehead atoms. The number of rotatable bonds is 3. The molecule has 0 aliphatic heterocycles. The van der Waals surface area contributed by atoms with E-state index in [1.807, 2.05) is 34.6 Å². The van der Waals surface area contributed by atoms with Crippen molar-refractivity contribution in [2.24, 2.45) is 5.92 Å². The summed E-state index contributed by atoms with van der Waals surface area (Å²) in [4.78, 5) is 11.3. The van der Waals surface area contributed by atoms with E-state index in [-0.39, 0.29) is 18.6 Å². The van der Waals surface area contributed by atoms with Crippen molar-refractivity contribution in [1.82, 2.24) is 5.32 Å². The standard InChI is InChI=1S/C10H21NO3/c1-7(6-12)8(2)11-9(13)14-10(3,4)5/h7-8,12H,6H2,1-5H3,(H,11,13). The van der Waals surface area contributed by atoms with Gasteiger partial charge in [-0.1, -0.05) is 6.92 Å². The van der Waals surface area contributed by atoms with Crippen LogP contribution in [0.5, 0.6) is 0 Å². The van der Waals surface area contributed by atoms with Crippen LogP contribution in [0.25, 0.3) is 0 Å². The Hall–Kier alpha value is -0.770. The molecule has 4 heteroatoms. The first kappa shape index (κ1) is 13.2. The Morgan fingerprint density at radius 2 is 1.93 bits per heavy atom. The van der Waals surface area contributed by atoms with Gasteiger partial charge in [-0.05, 0) is 33.6 Å². The van der Waals surface area contributed by atoms with Gasteiger partial charge in [-0.3, -0.25) is 0 Å². The maximum atomic E-state index is 11.3. The first-order valence-corrected chi connectivity index (χ1v) is 4.86. The quantitative estimate of drug-likeness (QED) is 0.731. The minimum absolute atomic E-state index is 0.0301. The number of alkyl carbamates (subject to hydrolysis) is 1. The van der Waals surface area contributed by atoms with Crippen LogP contribution in [0.3, 0.4) is 0 Å². The summed E-state index contributed by atoms with van der Waals surface area (Å²) < 4.78 is 5.07. The lowest BCUT2D eigenvalue weighted by Gasteiger charge is -2.24. The summed E-state index contributed by atoms with van der Waals surface area (Å²) in [5.74, 6) is 0.0301. The molecule has 0 aromatic carbocycles. The van der Waals surface area contributed by atoms with E-state index >= 15 is 0 Å². The summed E-state index contributed by atoms with van der Waals surface area (Å²) in [5.41, 5.74) is -0.480. The number of carbonyl (C=O) groups is 1. The van der Waals surface area contributed by atoms with Crippen molar-refractivity contribution >= 4 is 6.09 Å². The molecule has 0 saturated carbocycles. The fourth-order valence-corrected chi connectivity index (χ4v) is 0.794. The fraction of sp³-hybridized carbons (Fsp3) is 0.900. The summed E-state index contributed by atoms with van der Waals surface area (Å²) in [7, 11) is 0. The van der Waals surface area contributed by atoms with Gasteiger partial charge in [0.25, 0.3) is 0 Å². The van der Waals surface area contributed by atoms with Crippen LogP contribution in [0.4, 0.5) is 4.79 Å². The molecule has 0 rings (SSSR count). The van der Waals surface area contributed by atoms with Crippen LogP contribution in [0.2, 0.25) is 0 Å². The summed E-state index contributed by atoms with van der Waals surface area (Å²) in [6.07, 6.45) is -0.440. The number of carbonyl (C=O) groups excluding carboxylic acids is 1. The SMILES string of the molecule is CC(CO)C(C)NC(=O)OC(C)(C)C. The van der Waals surface area contributed by atoms with E-state index in [1.54, 1.807) is 0 Å². The van der Waals surface area contributed by atoms with E-state index in [4.69, 9.17) is 9.84 Å². The van der Waals surface area contributed by atoms with Crippen LogP contribution >= 0.6 is 0 Å². The van der Waals surface area contributed by atoms with E-state index in [0.717, 1.165) is 0 Å². The molecule has 0 aliphatic rings. The van der Waals surface area contributed by atoms with Crippen LogP contribution in [0.15, 0.2) is 0 Å². The van der Waals surface area contributed by atoms with Crippen LogP contribution in [-0.4, -0.2) is 29.4 Å². The number of aliphatic hydroxyl groups is 1. The minimum Gasteiger partial charge on any atom is -0.444 e. The van der Waals surface area contributed by atoms with Gasteiger partial charge in [-0.25, -0.2) is 4.79 Å². The van der Waals surface area contributed by atoms with Gasteiger partial charge in [-0.2, -0.15) is 0 Å². The molecule has 14 heavy (non-hydrogen) atoms. The first-order valence-electron chi connectivity index (χ1n) is 4.86. The van der Waals surface area contributed by atoms with Crippen molar-refractivity contribution in [3.05, 3.63) is 0 Å². The number of nitrogens with one attached hydrogen (secondary N) is 1. The molecule has 84 valence electrons. The van der Waals surface area contributed by atoms with Gasteiger partial charge < -0.3 is 15.2 Å². The summed E-state index contributed by atoms with van der Waals surface area (Å²) >= 11 is 0. The van der Waals surface area contributed by atoms with Gasteiger partial charge in [0, 0.05) is 12.6 Å². The zero-order valence-electron chi connectivity index (χ0n) is 9.63. The third kappa shape index (κ3) is 5.80. The highest BCUT2D eigenvalue weighted by molar-refractivity contribution is 5.68. The van der Waals surface area contributed by atoms with Crippen molar-refractivity contribution in [2.75, 3.05) is 6.61 Å². The molecule has 0 spiro atoms. The predicted octanol–water partition coefficient (Wildman–Crippen LogP) is 1.53. The second kappa shape index (κ2) is 5.20. The molecule has 2 N–H and O–H groups in total. The lowest BCUT2D eigenvalue weighted by atomic mass is 10.1. The monoisotopic (exact) mass is 203 g/mol. The molecule has 0 aromatic rings. The van der Waals surface area contributed by atoms with E-state index in [1.165, 1.54) is 0 Å². The Morgan fingerprint density at radius 3 is 2.29 bits per heavy atom. The Kier molecular flexibility index (Phi) is 4.91. The largest absolute Gasteiger partial charge is 0.444 e. The maximum Gasteiger partial charge on any atom is 0.407 e. The number of hydrogen-bond acceptors (Lipinski definition) is 3. The van der Waals surface area contributed by atoms with Gasteiger partial charge >= 0.3 is 6.09 Å². The van der Waals surface area contributed by atoms with E-state index in [0.29, 0.717) is 0 Å². The van der Waals surface area contributed by atoms with Gasteiger partial charge in [0.1, 0.15) is 5.60 Å². The molecule has 0 heterocycles. The lowest BCUT2D eigenvalue weighted by Crippen LogP contribution is -2.41. The molecule has 2 atom stereocenters. The van der Waals surface area contributed by atoms with Crippen LogP contribution in [-0.2, 0) is 4.74 Å². The highest BCUT2D eigenvalue weighted by Crippen LogP contribution is 2.08. The topological polar surface area (TPSA) is 58.6 Å². The second-order valence-corrected chi connectivity index (χ2v) is 4.59. The highest BCUT2D eigenvalue weighted by Gasteiger charge is 2.19. The Balaban J connectivity index is 3.95. The normalized spacial score (nSPS) is 15.9. The van der Waals surface area contributed by atoms with Crippen molar-refractivity contribution in [3.8, 4) is 0 Å². The number of ether oxygens (including phenoxy) is 1. The molecule has 1 amide bonds. The fourth-order valence-electron chi connectivity index (χ4n) is 0.794. The van der Waals surface area contributed by atoms with E-state index in [2.05, 4.69) is 5.32 Å². The van der Waals surface area contributed by atoms with Crippen molar-refractivity contribution < 1.29 is 14.6 Å². The number of hydrogen-bond donors (Lipinski definition) is 2.